The fourth-order valence-corrected chi connectivity index (χ4v) is 2.25. The van der Waals surface area contributed by atoms with Gasteiger partial charge in [-0.2, -0.15) is 0 Å². The van der Waals surface area contributed by atoms with E-state index in [1.807, 2.05) is 43.0 Å². The minimum atomic E-state index is 0.0893. The minimum absolute atomic E-state index is 0.0893. The number of benzene rings is 1. The third-order valence-corrected chi connectivity index (χ3v) is 3.60. The van der Waals surface area contributed by atoms with Crippen LogP contribution >= 0.6 is 0 Å². The molecule has 0 atom stereocenters. The smallest absolute Gasteiger partial charge is 0.253 e. The summed E-state index contributed by atoms with van der Waals surface area (Å²) in [6, 6.07) is 5.56. The molecule has 0 unspecified atom stereocenters. The van der Waals surface area contributed by atoms with Gasteiger partial charge in [-0.05, 0) is 43.9 Å². The molecule has 1 amide bonds. The molecule has 0 aromatic heterocycles. The Labute approximate surface area is 115 Å². The van der Waals surface area contributed by atoms with Crippen molar-refractivity contribution in [1.29, 1.82) is 0 Å². The molecular weight excluding hydrogens is 238 g/mol. The molecular formula is C15H23N3O. The summed E-state index contributed by atoms with van der Waals surface area (Å²) in [5.74, 6) is 0.800. The average molecular weight is 261 g/mol. The van der Waals surface area contributed by atoms with E-state index in [1.54, 1.807) is 6.07 Å². The number of amides is 1. The van der Waals surface area contributed by atoms with E-state index >= 15 is 0 Å². The number of nitrogen functional groups attached to an aromatic ring is 1. The Morgan fingerprint density at radius 1 is 1.37 bits per heavy atom. The van der Waals surface area contributed by atoms with Gasteiger partial charge < -0.3 is 15.5 Å². The Morgan fingerprint density at radius 2 is 2.05 bits per heavy atom. The second-order valence-electron chi connectivity index (χ2n) is 5.46. The van der Waals surface area contributed by atoms with Gasteiger partial charge in [0.1, 0.15) is 0 Å². The SMILES string of the molecule is CCN(CC1CC1)C(=O)c1ccc(N(C)C)c(N)c1. The maximum absolute atomic E-state index is 12.4. The molecule has 1 aliphatic carbocycles. The molecule has 0 aliphatic heterocycles. The van der Waals surface area contributed by atoms with Crippen molar-refractivity contribution in [3.63, 3.8) is 0 Å². The standard InChI is InChI=1S/C15H23N3O/c1-4-18(10-11-5-6-11)15(19)12-7-8-14(17(2)3)13(16)9-12/h7-9,11H,4-6,10,16H2,1-3H3. The van der Waals surface area contributed by atoms with E-state index in [9.17, 15) is 4.79 Å². The van der Waals surface area contributed by atoms with Crippen molar-refractivity contribution in [2.75, 3.05) is 37.8 Å². The van der Waals surface area contributed by atoms with Gasteiger partial charge >= 0.3 is 0 Å². The number of nitrogens with two attached hydrogens (primary N) is 1. The first-order chi connectivity index (χ1) is 9.02. The van der Waals surface area contributed by atoms with Crippen LogP contribution in [-0.2, 0) is 0 Å². The molecule has 4 heteroatoms. The Kier molecular flexibility index (Phi) is 3.98. The van der Waals surface area contributed by atoms with Crippen LogP contribution in [0.1, 0.15) is 30.1 Å². The molecule has 0 bridgehead atoms. The average Bonchev–Trinajstić information content (AvgIpc) is 3.18. The van der Waals surface area contributed by atoms with Crippen LogP contribution in [-0.4, -0.2) is 38.0 Å². The Balaban J connectivity index is 2.15. The molecule has 4 nitrogen and oxygen atoms in total. The van der Waals surface area contributed by atoms with Gasteiger partial charge in [0.05, 0.1) is 11.4 Å². The van der Waals surface area contributed by atoms with Crippen molar-refractivity contribution in [1.82, 2.24) is 4.90 Å². The monoisotopic (exact) mass is 261 g/mol. The summed E-state index contributed by atoms with van der Waals surface area (Å²) in [6.07, 6.45) is 2.51. The summed E-state index contributed by atoms with van der Waals surface area (Å²) in [6.45, 7) is 3.66. The lowest BCUT2D eigenvalue weighted by molar-refractivity contribution is 0.0757. The van der Waals surface area contributed by atoms with Crippen LogP contribution in [0.3, 0.4) is 0 Å². The summed E-state index contributed by atoms with van der Waals surface area (Å²) < 4.78 is 0. The van der Waals surface area contributed by atoms with Gasteiger partial charge in [0.2, 0.25) is 0 Å². The molecule has 1 aromatic rings. The van der Waals surface area contributed by atoms with Gasteiger partial charge in [0.25, 0.3) is 5.91 Å². The fraction of sp³-hybridized carbons (Fsp3) is 0.533. The van der Waals surface area contributed by atoms with Crippen molar-refractivity contribution < 1.29 is 4.79 Å². The van der Waals surface area contributed by atoms with Gasteiger partial charge in [-0.3, -0.25) is 4.79 Å². The zero-order valence-electron chi connectivity index (χ0n) is 12.0. The van der Waals surface area contributed by atoms with E-state index in [0.717, 1.165) is 18.8 Å². The molecule has 0 radical (unpaired) electrons. The number of anilines is 2. The lowest BCUT2D eigenvalue weighted by atomic mass is 10.1. The highest BCUT2D eigenvalue weighted by atomic mass is 16.2. The maximum atomic E-state index is 12.4. The third kappa shape index (κ3) is 3.19. The zero-order valence-corrected chi connectivity index (χ0v) is 12.0. The van der Waals surface area contributed by atoms with Gasteiger partial charge in [0.15, 0.2) is 0 Å². The van der Waals surface area contributed by atoms with E-state index < -0.39 is 0 Å². The molecule has 1 aliphatic rings. The number of carbonyl (C=O) groups is 1. The van der Waals surface area contributed by atoms with Gasteiger partial charge in [-0.25, -0.2) is 0 Å². The van der Waals surface area contributed by atoms with E-state index in [1.165, 1.54) is 12.8 Å². The minimum Gasteiger partial charge on any atom is -0.397 e. The summed E-state index contributed by atoms with van der Waals surface area (Å²) in [5.41, 5.74) is 8.29. The Hall–Kier alpha value is -1.71. The number of hydrogen-bond donors (Lipinski definition) is 1. The van der Waals surface area contributed by atoms with Crippen molar-refractivity contribution in [3.05, 3.63) is 23.8 Å². The molecule has 0 heterocycles. The van der Waals surface area contributed by atoms with Crippen molar-refractivity contribution >= 4 is 17.3 Å². The van der Waals surface area contributed by atoms with Crippen molar-refractivity contribution in [2.45, 2.75) is 19.8 Å². The van der Waals surface area contributed by atoms with Gasteiger partial charge in [-0.1, -0.05) is 0 Å². The summed E-state index contributed by atoms with van der Waals surface area (Å²) >= 11 is 0. The van der Waals surface area contributed by atoms with Crippen LogP contribution in [0.4, 0.5) is 11.4 Å². The fourth-order valence-electron chi connectivity index (χ4n) is 2.25. The quantitative estimate of drug-likeness (QED) is 0.827. The van der Waals surface area contributed by atoms with E-state index in [4.69, 9.17) is 5.73 Å². The lowest BCUT2D eigenvalue weighted by Gasteiger charge is -2.22. The van der Waals surface area contributed by atoms with Crippen LogP contribution in [0.25, 0.3) is 0 Å². The normalized spacial score (nSPS) is 14.3. The van der Waals surface area contributed by atoms with Crippen LogP contribution < -0.4 is 10.6 Å². The maximum Gasteiger partial charge on any atom is 0.253 e. The van der Waals surface area contributed by atoms with Crippen LogP contribution in [0.2, 0.25) is 0 Å². The van der Waals surface area contributed by atoms with E-state index in [2.05, 4.69) is 0 Å². The number of hydrogen-bond acceptors (Lipinski definition) is 3. The first-order valence-corrected chi connectivity index (χ1v) is 6.89. The van der Waals surface area contributed by atoms with Gasteiger partial charge in [-0.15, -0.1) is 0 Å². The topological polar surface area (TPSA) is 49.6 Å². The highest BCUT2D eigenvalue weighted by molar-refractivity contribution is 5.96. The predicted octanol–water partition coefficient (Wildman–Crippen LogP) is 2.21. The highest BCUT2D eigenvalue weighted by Crippen LogP contribution is 2.30. The van der Waals surface area contributed by atoms with Crippen molar-refractivity contribution in [3.8, 4) is 0 Å². The largest absolute Gasteiger partial charge is 0.397 e. The molecule has 1 fully saturated rings. The summed E-state index contributed by atoms with van der Waals surface area (Å²) in [4.78, 5) is 16.3. The Bertz CT molecular complexity index is 466. The van der Waals surface area contributed by atoms with Gasteiger partial charge in [0, 0.05) is 32.7 Å². The van der Waals surface area contributed by atoms with Crippen LogP contribution in [0.5, 0.6) is 0 Å². The molecule has 1 saturated carbocycles. The number of nitrogens with zero attached hydrogens (tertiary/aromatic N) is 2. The first-order valence-electron chi connectivity index (χ1n) is 6.89. The second kappa shape index (κ2) is 5.51. The molecule has 2 rings (SSSR count). The molecule has 2 N–H and O–H groups in total. The first kappa shape index (κ1) is 13.7. The van der Waals surface area contributed by atoms with Crippen LogP contribution in [0, 0.1) is 5.92 Å². The lowest BCUT2D eigenvalue weighted by Crippen LogP contribution is -2.32. The summed E-state index contributed by atoms with van der Waals surface area (Å²) in [5, 5.41) is 0. The zero-order chi connectivity index (χ0) is 14.0. The predicted molar refractivity (Wildman–Crippen MR) is 79.5 cm³/mol. The molecule has 1 aromatic carbocycles. The number of carbonyl (C=O) groups excluding carboxylic acids is 1. The van der Waals surface area contributed by atoms with Crippen molar-refractivity contribution in [2.24, 2.45) is 5.92 Å². The van der Waals surface area contributed by atoms with Crippen LogP contribution in [0.15, 0.2) is 18.2 Å². The highest BCUT2D eigenvalue weighted by Gasteiger charge is 2.26. The number of rotatable bonds is 5. The second-order valence-corrected chi connectivity index (χ2v) is 5.46. The molecule has 19 heavy (non-hydrogen) atoms. The molecule has 0 spiro atoms. The van der Waals surface area contributed by atoms with E-state index in [-0.39, 0.29) is 5.91 Å². The Morgan fingerprint density at radius 3 is 2.53 bits per heavy atom. The third-order valence-electron chi connectivity index (χ3n) is 3.60. The summed E-state index contributed by atoms with van der Waals surface area (Å²) in [7, 11) is 3.89. The molecule has 0 saturated heterocycles. The molecule has 104 valence electrons. The van der Waals surface area contributed by atoms with E-state index in [0.29, 0.717) is 17.2 Å².